The van der Waals surface area contributed by atoms with Gasteiger partial charge in [0.05, 0.1) is 19.5 Å². The lowest BCUT2D eigenvalue weighted by Crippen LogP contribution is -2.37. The van der Waals surface area contributed by atoms with Crippen molar-refractivity contribution < 1.29 is 9.47 Å². The van der Waals surface area contributed by atoms with Crippen LogP contribution in [-0.2, 0) is 22.6 Å². The van der Waals surface area contributed by atoms with Crippen LogP contribution in [0, 0.1) is 5.92 Å². The number of guanidine groups is 1. The Morgan fingerprint density at radius 2 is 2.10 bits per heavy atom. The minimum Gasteiger partial charge on any atom is -0.381 e. The maximum Gasteiger partial charge on any atom is 0.191 e. The molecule has 8 heteroatoms. The first kappa shape index (κ1) is 23.6. The summed E-state index contributed by atoms with van der Waals surface area (Å²) in [5.41, 5.74) is 2.48. The fourth-order valence-electron chi connectivity index (χ4n) is 3.11. The number of rotatable bonds is 10. The van der Waals surface area contributed by atoms with Crippen molar-refractivity contribution in [2.75, 3.05) is 40.0 Å². The second-order valence-electron chi connectivity index (χ2n) is 7.06. The second kappa shape index (κ2) is 13.6. The number of hydrogen-bond acceptors (Lipinski definition) is 4. The second-order valence-corrected chi connectivity index (χ2v) is 7.06. The average Bonchev–Trinajstić information content (AvgIpc) is 3.42. The summed E-state index contributed by atoms with van der Waals surface area (Å²) < 4.78 is 13.1. The normalized spacial score (nSPS) is 16.4. The third-order valence-electron chi connectivity index (χ3n) is 4.77. The molecule has 3 rings (SSSR count). The van der Waals surface area contributed by atoms with Crippen molar-refractivity contribution in [3.8, 4) is 0 Å². The van der Waals surface area contributed by atoms with Crippen LogP contribution in [-0.4, -0.2) is 55.5 Å². The van der Waals surface area contributed by atoms with Gasteiger partial charge in [-0.3, -0.25) is 4.99 Å². The van der Waals surface area contributed by atoms with E-state index in [0.29, 0.717) is 5.92 Å². The number of nitrogens with zero attached hydrogens (tertiary/aromatic N) is 3. The monoisotopic (exact) mass is 513 g/mol. The van der Waals surface area contributed by atoms with E-state index in [9.17, 15) is 0 Å². The lowest BCUT2D eigenvalue weighted by molar-refractivity contribution is 0.0888. The van der Waals surface area contributed by atoms with E-state index in [1.807, 2.05) is 12.5 Å². The SMILES string of the molecule is CN=C(NCCCOCC1CCOC1)NCc1ccc(Cn2ccnc2)cc1.I. The van der Waals surface area contributed by atoms with Gasteiger partial charge in [-0.05, 0) is 24.0 Å². The summed E-state index contributed by atoms with van der Waals surface area (Å²) in [5.74, 6) is 1.39. The number of aromatic nitrogens is 2. The molecule has 0 spiro atoms. The Labute approximate surface area is 190 Å². The first-order chi connectivity index (χ1) is 13.8. The summed E-state index contributed by atoms with van der Waals surface area (Å²) in [4.78, 5) is 8.35. The van der Waals surface area contributed by atoms with Crippen LogP contribution in [0.2, 0.25) is 0 Å². The van der Waals surface area contributed by atoms with Crippen molar-refractivity contribution in [2.45, 2.75) is 25.9 Å². The molecule has 7 nitrogen and oxygen atoms in total. The van der Waals surface area contributed by atoms with Gasteiger partial charge < -0.3 is 24.7 Å². The van der Waals surface area contributed by atoms with Gasteiger partial charge >= 0.3 is 0 Å². The smallest absolute Gasteiger partial charge is 0.191 e. The Balaban J connectivity index is 0.00000300. The van der Waals surface area contributed by atoms with Gasteiger partial charge in [0.15, 0.2) is 5.96 Å². The van der Waals surface area contributed by atoms with Crippen LogP contribution in [0.25, 0.3) is 0 Å². The molecule has 2 N–H and O–H groups in total. The molecule has 0 bridgehead atoms. The number of benzene rings is 1. The van der Waals surface area contributed by atoms with Crippen LogP contribution >= 0.6 is 24.0 Å². The largest absolute Gasteiger partial charge is 0.381 e. The summed E-state index contributed by atoms with van der Waals surface area (Å²) in [5, 5.41) is 6.69. The van der Waals surface area contributed by atoms with Crippen LogP contribution in [0.1, 0.15) is 24.0 Å². The maximum atomic E-state index is 5.72. The highest BCUT2D eigenvalue weighted by Gasteiger charge is 2.15. The van der Waals surface area contributed by atoms with E-state index in [4.69, 9.17) is 9.47 Å². The highest BCUT2D eigenvalue weighted by Crippen LogP contribution is 2.12. The van der Waals surface area contributed by atoms with Crippen LogP contribution < -0.4 is 10.6 Å². The van der Waals surface area contributed by atoms with Gasteiger partial charge in [-0.2, -0.15) is 0 Å². The molecule has 1 aliphatic rings. The van der Waals surface area contributed by atoms with E-state index in [0.717, 1.165) is 64.9 Å². The summed E-state index contributed by atoms with van der Waals surface area (Å²) in [6, 6.07) is 8.60. The molecule has 0 saturated carbocycles. The third-order valence-corrected chi connectivity index (χ3v) is 4.77. The number of halogens is 1. The van der Waals surface area contributed by atoms with Crippen molar-refractivity contribution >= 4 is 29.9 Å². The molecule has 29 heavy (non-hydrogen) atoms. The Kier molecular flexibility index (Phi) is 11.0. The molecule has 2 heterocycles. The first-order valence-electron chi connectivity index (χ1n) is 9.97. The Morgan fingerprint density at radius 1 is 1.28 bits per heavy atom. The molecule has 1 unspecified atom stereocenters. The first-order valence-corrected chi connectivity index (χ1v) is 9.97. The van der Waals surface area contributed by atoms with E-state index >= 15 is 0 Å². The van der Waals surface area contributed by atoms with Gasteiger partial charge in [-0.15, -0.1) is 24.0 Å². The van der Waals surface area contributed by atoms with Crippen molar-refractivity contribution in [3.05, 3.63) is 54.1 Å². The zero-order chi connectivity index (χ0) is 19.4. The van der Waals surface area contributed by atoms with Gasteiger partial charge in [0.25, 0.3) is 0 Å². The number of ether oxygens (including phenoxy) is 2. The molecule has 1 fully saturated rings. The Bertz CT molecular complexity index is 700. The van der Waals surface area contributed by atoms with Gasteiger partial charge in [-0.1, -0.05) is 24.3 Å². The van der Waals surface area contributed by atoms with Crippen molar-refractivity contribution in [1.82, 2.24) is 20.2 Å². The lowest BCUT2D eigenvalue weighted by atomic mass is 10.1. The predicted molar refractivity (Wildman–Crippen MR) is 126 cm³/mol. The maximum absolute atomic E-state index is 5.72. The van der Waals surface area contributed by atoms with Crippen molar-refractivity contribution in [3.63, 3.8) is 0 Å². The molecule has 1 aromatic carbocycles. The number of imidazole rings is 1. The molecule has 0 amide bonds. The molecular weight excluding hydrogens is 481 g/mol. The molecule has 2 aromatic rings. The molecule has 1 atom stereocenters. The minimum atomic E-state index is 0. The van der Waals surface area contributed by atoms with Gasteiger partial charge in [0, 0.05) is 58.2 Å². The summed E-state index contributed by atoms with van der Waals surface area (Å²) in [6.07, 6.45) is 7.68. The lowest BCUT2D eigenvalue weighted by Gasteiger charge is -2.13. The topological polar surface area (TPSA) is 72.7 Å². The van der Waals surface area contributed by atoms with Gasteiger partial charge in [-0.25, -0.2) is 4.98 Å². The van der Waals surface area contributed by atoms with Crippen LogP contribution in [0.15, 0.2) is 48.0 Å². The van der Waals surface area contributed by atoms with Crippen molar-refractivity contribution in [1.29, 1.82) is 0 Å². The Morgan fingerprint density at radius 3 is 2.79 bits per heavy atom. The van der Waals surface area contributed by atoms with Gasteiger partial charge in [0.2, 0.25) is 0 Å². The van der Waals surface area contributed by atoms with Crippen LogP contribution in [0.3, 0.4) is 0 Å². The number of nitrogens with one attached hydrogen (secondary N) is 2. The fraction of sp³-hybridized carbons (Fsp3) is 0.524. The Hall–Kier alpha value is -1.65. The summed E-state index contributed by atoms with van der Waals surface area (Å²) in [6.45, 7) is 5.72. The fourth-order valence-corrected chi connectivity index (χ4v) is 3.11. The van der Waals surface area contributed by atoms with E-state index in [-0.39, 0.29) is 24.0 Å². The molecule has 0 radical (unpaired) electrons. The zero-order valence-corrected chi connectivity index (χ0v) is 19.4. The van der Waals surface area contributed by atoms with Crippen LogP contribution in [0.5, 0.6) is 0 Å². The van der Waals surface area contributed by atoms with Crippen LogP contribution in [0.4, 0.5) is 0 Å². The molecule has 1 aliphatic heterocycles. The highest BCUT2D eigenvalue weighted by molar-refractivity contribution is 14.0. The molecular formula is C21H32IN5O2. The quantitative estimate of drug-likeness (QED) is 0.221. The summed E-state index contributed by atoms with van der Waals surface area (Å²) in [7, 11) is 1.79. The molecule has 0 aliphatic carbocycles. The summed E-state index contributed by atoms with van der Waals surface area (Å²) >= 11 is 0. The van der Waals surface area contributed by atoms with Crippen molar-refractivity contribution in [2.24, 2.45) is 10.9 Å². The molecule has 1 aromatic heterocycles. The number of aliphatic imine (C=N–C) groups is 1. The van der Waals surface area contributed by atoms with E-state index in [2.05, 4.69) is 49.4 Å². The predicted octanol–water partition coefficient (Wildman–Crippen LogP) is 2.66. The third kappa shape index (κ3) is 8.71. The molecule has 1 saturated heterocycles. The zero-order valence-electron chi connectivity index (χ0n) is 17.0. The average molecular weight is 513 g/mol. The number of hydrogen-bond donors (Lipinski definition) is 2. The minimum absolute atomic E-state index is 0. The van der Waals surface area contributed by atoms with E-state index in [1.54, 1.807) is 13.2 Å². The van der Waals surface area contributed by atoms with Gasteiger partial charge in [0.1, 0.15) is 0 Å². The molecule has 160 valence electrons. The van der Waals surface area contributed by atoms with E-state index in [1.165, 1.54) is 11.1 Å². The van der Waals surface area contributed by atoms with E-state index < -0.39 is 0 Å². The standard InChI is InChI=1S/C21H31N5O2.HI/c1-22-21(24-8-2-11-27-15-20-7-12-28-16-20)25-13-18-3-5-19(6-4-18)14-26-10-9-23-17-26;/h3-6,9-10,17,20H,2,7-8,11-16H2,1H3,(H2,22,24,25);1H. The highest BCUT2D eigenvalue weighted by atomic mass is 127.